The van der Waals surface area contributed by atoms with Crippen molar-refractivity contribution in [2.45, 2.75) is 13.3 Å². The van der Waals surface area contributed by atoms with Crippen LogP contribution in [0.4, 0.5) is 16.6 Å². The molecule has 94 valence electrons. The minimum absolute atomic E-state index is 0.0221. The van der Waals surface area contributed by atoms with Gasteiger partial charge in [0.2, 0.25) is 0 Å². The van der Waals surface area contributed by atoms with E-state index in [9.17, 15) is 4.79 Å². The number of benzene rings is 1. The van der Waals surface area contributed by atoms with Gasteiger partial charge in [-0.15, -0.1) is 0 Å². The molecule has 1 aromatic heterocycles. The largest absolute Gasteiger partial charge is 0.382 e. The minimum Gasteiger partial charge on any atom is -0.382 e. The van der Waals surface area contributed by atoms with Crippen molar-refractivity contribution in [2.75, 3.05) is 11.1 Å². The Morgan fingerprint density at radius 3 is 2.72 bits per heavy atom. The summed E-state index contributed by atoms with van der Waals surface area (Å²) >= 11 is 4.65. The van der Waals surface area contributed by atoms with Crippen LogP contribution in [0.2, 0.25) is 0 Å². The third-order valence-electron chi connectivity index (χ3n) is 2.32. The highest BCUT2D eigenvalue weighted by atomic mass is 79.9. The van der Waals surface area contributed by atoms with Gasteiger partial charge in [0.25, 0.3) is 0 Å². The quantitative estimate of drug-likeness (QED) is 0.838. The van der Waals surface area contributed by atoms with Gasteiger partial charge in [0.05, 0.1) is 0 Å². The van der Waals surface area contributed by atoms with E-state index in [1.54, 1.807) is 0 Å². The lowest BCUT2D eigenvalue weighted by Crippen LogP contribution is -1.98. The predicted molar refractivity (Wildman–Crippen MR) is 78.6 cm³/mol. The second-order valence-electron chi connectivity index (χ2n) is 3.64. The second-order valence-corrected chi connectivity index (χ2v) is 5.56. The van der Waals surface area contributed by atoms with Crippen LogP contribution in [-0.2, 0) is 0 Å². The highest BCUT2D eigenvalue weighted by Crippen LogP contribution is 2.28. The molecular formula is C12H12BrN3OS. The normalized spacial score (nSPS) is 10.3. The van der Waals surface area contributed by atoms with Crippen LogP contribution in [-0.4, -0.2) is 10.8 Å². The monoisotopic (exact) mass is 325 g/mol. The number of Topliss-reactive ketones (excluding diaryl/α,β-unsaturated/α-hetero) is 1. The van der Waals surface area contributed by atoms with Gasteiger partial charge < -0.3 is 11.1 Å². The lowest BCUT2D eigenvalue weighted by molar-refractivity contribution is 0.0992. The van der Waals surface area contributed by atoms with Crippen molar-refractivity contribution >= 4 is 49.7 Å². The van der Waals surface area contributed by atoms with Crippen LogP contribution < -0.4 is 11.1 Å². The number of carbonyl (C=O) groups excluding carboxylic acids is 1. The molecule has 1 heterocycles. The Labute approximate surface area is 117 Å². The number of thiazole rings is 1. The van der Waals surface area contributed by atoms with E-state index in [4.69, 9.17) is 5.73 Å². The van der Waals surface area contributed by atoms with E-state index in [0.717, 1.165) is 10.2 Å². The van der Waals surface area contributed by atoms with Gasteiger partial charge in [0.15, 0.2) is 10.9 Å². The van der Waals surface area contributed by atoms with Crippen LogP contribution in [0.1, 0.15) is 23.0 Å². The molecule has 0 saturated carbocycles. The highest BCUT2D eigenvalue weighted by molar-refractivity contribution is 9.10. The lowest BCUT2D eigenvalue weighted by Gasteiger charge is -2.01. The zero-order valence-corrected chi connectivity index (χ0v) is 12.1. The standard InChI is InChI=1S/C12H12BrN3OS/c1-2-9(17)10-11(14)16-12(18-10)15-8-5-3-7(13)4-6-8/h3-6H,2,14H2,1H3,(H,15,16). The Balaban J connectivity index is 2.20. The van der Waals surface area contributed by atoms with Gasteiger partial charge >= 0.3 is 0 Å². The fourth-order valence-electron chi connectivity index (χ4n) is 1.40. The number of nitrogens with one attached hydrogen (secondary N) is 1. The average Bonchev–Trinajstić information content (AvgIpc) is 2.72. The molecule has 2 aromatic rings. The molecule has 0 amide bonds. The summed E-state index contributed by atoms with van der Waals surface area (Å²) in [6.07, 6.45) is 0.435. The third kappa shape index (κ3) is 2.88. The molecule has 1 aromatic carbocycles. The van der Waals surface area contributed by atoms with Crippen molar-refractivity contribution in [1.82, 2.24) is 4.98 Å². The molecule has 0 atom stereocenters. The molecule has 3 N–H and O–H groups in total. The van der Waals surface area contributed by atoms with Crippen molar-refractivity contribution in [3.05, 3.63) is 33.6 Å². The summed E-state index contributed by atoms with van der Waals surface area (Å²) in [6, 6.07) is 7.70. The molecule has 0 bridgehead atoms. The van der Waals surface area contributed by atoms with E-state index in [-0.39, 0.29) is 5.78 Å². The Kier molecular flexibility index (Phi) is 3.98. The van der Waals surface area contributed by atoms with Crippen molar-refractivity contribution < 1.29 is 4.79 Å². The Morgan fingerprint density at radius 1 is 1.44 bits per heavy atom. The molecule has 0 aliphatic rings. The summed E-state index contributed by atoms with van der Waals surface area (Å²) in [6.45, 7) is 1.81. The van der Waals surface area contributed by atoms with Crippen molar-refractivity contribution in [3.8, 4) is 0 Å². The number of aromatic nitrogens is 1. The van der Waals surface area contributed by atoms with Gasteiger partial charge in [0.1, 0.15) is 10.7 Å². The number of nitrogen functional groups attached to an aromatic ring is 1. The van der Waals surface area contributed by atoms with Gasteiger partial charge in [0, 0.05) is 16.6 Å². The highest BCUT2D eigenvalue weighted by Gasteiger charge is 2.14. The fourth-order valence-corrected chi connectivity index (χ4v) is 2.58. The molecule has 0 radical (unpaired) electrons. The molecule has 0 fully saturated rings. The first-order valence-electron chi connectivity index (χ1n) is 5.42. The van der Waals surface area contributed by atoms with E-state index in [1.807, 2.05) is 31.2 Å². The summed E-state index contributed by atoms with van der Waals surface area (Å²) in [5, 5.41) is 3.76. The smallest absolute Gasteiger partial charge is 0.189 e. The number of nitrogens with two attached hydrogens (primary N) is 1. The molecule has 6 heteroatoms. The van der Waals surface area contributed by atoms with Gasteiger partial charge in [-0.3, -0.25) is 4.79 Å². The molecule has 4 nitrogen and oxygen atoms in total. The Hall–Kier alpha value is -1.40. The van der Waals surface area contributed by atoms with Crippen molar-refractivity contribution in [1.29, 1.82) is 0 Å². The zero-order chi connectivity index (χ0) is 13.1. The molecule has 0 saturated heterocycles. The minimum atomic E-state index is 0.0221. The number of rotatable bonds is 4. The fraction of sp³-hybridized carbons (Fsp3) is 0.167. The summed E-state index contributed by atoms with van der Waals surface area (Å²) in [7, 11) is 0. The summed E-state index contributed by atoms with van der Waals surface area (Å²) in [5.41, 5.74) is 6.63. The average molecular weight is 326 g/mol. The Morgan fingerprint density at radius 2 is 2.11 bits per heavy atom. The van der Waals surface area contributed by atoms with Crippen LogP contribution in [0.15, 0.2) is 28.7 Å². The van der Waals surface area contributed by atoms with E-state index in [2.05, 4.69) is 26.2 Å². The van der Waals surface area contributed by atoms with E-state index >= 15 is 0 Å². The van der Waals surface area contributed by atoms with Gasteiger partial charge in [-0.2, -0.15) is 0 Å². The SMILES string of the molecule is CCC(=O)c1sc(Nc2ccc(Br)cc2)nc1N. The summed E-state index contributed by atoms with van der Waals surface area (Å²) < 4.78 is 1.01. The summed E-state index contributed by atoms with van der Waals surface area (Å²) in [5.74, 6) is 0.320. The first-order valence-corrected chi connectivity index (χ1v) is 7.03. The summed E-state index contributed by atoms with van der Waals surface area (Å²) in [4.78, 5) is 16.3. The van der Waals surface area contributed by atoms with Gasteiger partial charge in [-0.25, -0.2) is 4.98 Å². The molecule has 0 aliphatic carbocycles. The van der Waals surface area contributed by atoms with Crippen LogP contribution in [0.25, 0.3) is 0 Å². The molecule has 0 spiro atoms. The van der Waals surface area contributed by atoms with Crippen molar-refractivity contribution in [3.63, 3.8) is 0 Å². The van der Waals surface area contributed by atoms with Crippen LogP contribution in [0, 0.1) is 0 Å². The van der Waals surface area contributed by atoms with E-state index in [0.29, 0.717) is 22.2 Å². The third-order valence-corrected chi connectivity index (χ3v) is 3.88. The lowest BCUT2D eigenvalue weighted by atomic mass is 10.3. The number of nitrogens with zero attached hydrogens (tertiary/aromatic N) is 1. The van der Waals surface area contributed by atoms with Crippen LogP contribution in [0.3, 0.4) is 0 Å². The molecular weight excluding hydrogens is 314 g/mol. The molecule has 0 aliphatic heterocycles. The maximum atomic E-state index is 11.6. The van der Waals surface area contributed by atoms with Crippen LogP contribution in [0.5, 0.6) is 0 Å². The molecule has 2 rings (SSSR count). The first-order chi connectivity index (χ1) is 8.60. The molecule has 18 heavy (non-hydrogen) atoms. The Bertz CT molecular complexity index is 565. The van der Waals surface area contributed by atoms with Crippen molar-refractivity contribution in [2.24, 2.45) is 0 Å². The number of ketones is 1. The van der Waals surface area contributed by atoms with Gasteiger partial charge in [-0.05, 0) is 24.3 Å². The number of halogens is 1. The topological polar surface area (TPSA) is 68.0 Å². The predicted octanol–water partition coefficient (Wildman–Crippen LogP) is 3.82. The van der Waals surface area contributed by atoms with E-state index < -0.39 is 0 Å². The second kappa shape index (κ2) is 5.49. The molecule has 0 unspecified atom stereocenters. The first kappa shape index (κ1) is 13.0. The van der Waals surface area contributed by atoms with E-state index in [1.165, 1.54) is 11.3 Å². The van der Waals surface area contributed by atoms with Gasteiger partial charge in [-0.1, -0.05) is 34.2 Å². The number of hydrogen-bond donors (Lipinski definition) is 2. The number of hydrogen-bond acceptors (Lipinski definition) is 5. The number of anilines is 3. The maximum absolute atomic E-state index is 11.6. The maximum Gasteiger partial charge on any atom is 0.189 e. The zero-order valence-electron chi connectivity index (χ0n) is 9.74. The van der Waals surface area contributed by atoms with Crippen LogP contribution >= 0.6 is 27.3 Å². The number of carbonyl (C=O) groups is 1.